The fraction of sp³-hybridized carbons (Fsp3) is 0.143. The third kappa shape index (κ3) is 3.11. The maximum atomic E-state index is 11.3. The summed E-state index contributed by atoms with van der Waals surface area (Å²) in [6.07, 6.45) is 1.50. The fourth-order valence-electron chi connectivity index (χ4n) is 1.96. The summed E-state index contributed by atoms with van der Waals surface area (Å²) >= 11 is 0. The topological polar surface area (TPSA) is 150 Å². The highest BCUT2D eigenvalue weighted by molar-refractivity contribution is 5.91. The molecule has 2 heterocycles. The molecule has 0 atom stereocenters. The molecule has 0 spiro atoms. The number of rotatable bonds is 1. The normalized spacial score (nSPS) is 10.2. The molecule has 0 aliphatic rings. The van der Waals surface area contributed by atoms with Gasteiger partial charge in [-0.3, -0.25) is 14.3 Å². The van der Waals surface area contributed by atoms with Crippen molar-refractivity contribution in [3.8, 4) is 11.5 Å². The van der Waals surface area contributed by atoms with Crippen LogP contribution in [-0.2, 0) is 14.1 Å². The standard InChI is InChI=1S/C7H8N4O2.C7H6O4/c1-10-3-8-5-4(10)6(12)9-7(13)11(5)2;8-4-1-2-6(9)5(3-4)7(10)11/h3H,1-2H3,(H,9,12,13);1-3,8-9H,(H,10,11). The number of aromatic hydroxyl groups is 2. The highest BCUT2D eigenvalue weighted by atomic mass is 16.4. The molecule has 0 aliphatic carbocycles. The van der Waals surface area contributed by atoms with E-state index in [1.54, 1.807) is 18.7 Å². The van der Waals surface area contributed by atoms with Gasteiger partial charge in [0.2, 0.25) is 0 Å². The third-order valence-electron chi connectivity index (χ3n) is 3.19. The Labute approximate surface area is 133 Å². The Morgan fingerprint density at radius 2 is 1.88 bits per heavy atom. The molecule has 0 bridgehead atoms. The van der Waals surface area contributed by atoms with Crippen LogP contribution in [0.1, 0.15) is 10.4 Å². The Hall–Kier alpha value is -3.56. The van der Waals surface area contributed by atoms with E-state index in [1.807, 2.05) is 0 Å². The summed E-state index contributed by atoms with van der Waals surface area (Å²) in [7, 11) is 3.27. The fourth-order valence-corrected chi connectivity index (χ4v) is 1.96. The number of aromatic carboxylic acids is 1. The monoisotopic (exact) mass is 334 g/mol. The number of fused-ring (bicyclic) bond motifs is 1. The lowest BCUT2D eigenvalue weighted by Crippen LogP contribution is -2.28. The molecule has 10 heteroatoms. The van der Waals surface area contributed by atoms with E-state index in [0.29, 0.717) is 11.2 Å². The lowest BCUT2D eigenvalue weighted by Gasteiger charge is -1.98. The van der Waals surface area contributed by atoms with Gasteiger partial charge in [0.1, 0.15) is 17.1 Å². The second kappa shape index (κ2) is 6.28. The van der Waals surface area contributed by atoms with Gasteiger partial charge in [0, 0.05) is 14.1 Å². The van der Waals surface area contributed by atoms with Crippen molar-refractivity contribution in [2.45, 2.75) is 0 Å². The maximum absolute atomic E-state index is 11.3. The van der Waals surface area contributed by atoms with E-state index in [-0.39, 0.29) is 17.1 Å². The van der Waals surface area contributed by atoms with E-state index in [0.717, 1.165) is 12.1 Å². The zero-order valence-electron chi connectivity index (χ0n) is 12.7. The summed E-state index contributed by atoms with van der Waals surface area (Å²) in [6.45, 7) is 0. The Kier molecular flexibility index (Phi) is 4.40. The van der Waals surface area contributed by atoms with Gasteiger partial charge in [-0.1, -0.05) is 0 Å². The first-order chi connectivity index (χ1) is 11.2. The Balaban J connectivity index is 0.000000177. The predicted octanol–water partition coefficient (Wildman–Crippen LogP) is -0.244. The second-order valence-corrected chi connectivity index (χ2v) is 4.85. The molecular formula is C14H14N4O6. The molecule has 24 heavy (non-hydrogen) atoms. The van der Waals surface area contributed by atoms with Crippen LogP contribution in [-0.4, -0.2) is 40.4 Å². The minimum atomic E-state index is -1.27. The van der Waals surface area contributed by atoms with Gasteiger partial charge in [-0.15, -0.1) is 0 Å². The molecule has 1 aromatic carbocycles. The highest BCUT2D eigenvalue weighted by Crippen LogP contribution is 2.21. The Morgan fingerprint density at radius 3 is 2.46 bits per heavy atom. The molecule has 0 radical (unpaired) electrons. The predicted molar refractivity (Wildman–Crippen MR) is 83.3 cm³/mol. The van der Waals surface area contributed by atoms with Crippen LogP contribution in [0, 0.1) is 0 Å². The summed E-state index contributed by atoms with van der Waals surface area (Å²) < 4.78 is 2.88. The number of nitrogens with zero attached hydrogens (tertiary/aromatic N) is 3. The quantitative estimate of drug-likeness (QED) is 0.448. The number of carbonyl (C=O) groups is 1. The van der Waals surface area contributed by atoms with Crippen molar-refractivity contribution in [2.75, 3.05) is 0 Å². The summed E-state index contributed by atoms with van der Waals surface area (Å²) in [5.74, 6) is -1.80. The number of carboxylic acid groups (broad SMARTS) is 1. The lowest BCUT2D eigenvalue weighted by atomic mass is 10.2. The Bertz CT molecular complexity index is 1030. The van der Waals surface area contributed by atoms with Crippen molar-refractivity contribution in [1.82, 2.24) is 19.1 Å². The summed E-state index contributed by atoms with van der Waals surface area (Å²) in [6, 6.07) is 3.32. The third-order valence-corrected chi connectivity index (χ3v) is 3.19. The molecule has 0 saturated carbocycles. The van der Waals surface area contributed by atoms with Crippen LogP contribution >= 0.6 is 0 Å². The van der Waals surface area contributed by atoms with Crippen molar-refractivity contribution < 1.29 is 20.1 Å². The van der Waals surface area contributed by atoms with Crippen LogP contribution in [0.3, 0.4) is 0 Å². The van der Waals surface area contributed by atoms with Gasteiger partial charge >= 0.3 is 11.7 Å². The molecule has 0 aliphatic heterocycles. The van der Waals surface area contributed by atoms with E-state index in [4.69, 9.17) is 15.3 Å². The molecule has 0 unspecified atom stereocenters. The number of imidazole rings is 1. The zero-order chi connectivity index (χ0) is 18.0. The number of carboxylic acids is 1. The SMILES string of the molecule is Cn1cnc2c1c(=O)[nH]c(=O)n2C.O=C(O)c1cc(O)ccc1O. The number of H-pyrrole nitrogens is 1. The van der Waals surface area contributed by atoms with E-state index in [2.05, 4.69) is 9.97 Å². The van der Waals surface area contributed by atoms with Crippen LogP contribution in [0.25, 0.3) is 11.2 Å². The average Bonchev–Trinajstić information content (AvgIpc) is 2.90. The number of aromatic nitrogens is 4. The first kappa shape index (κ1) is 16.8. The van der Waals surface area contributed by atoms with Gasteiger partial charge in [0.05, 0.1) is 6.33 Å². The molecule has 0 saturated heterocycles. The summed E-state index contributed by atoms with van der Waals surface area (Å²) in [4.78, 5) is 38.9. The van der Waals surface area contributed by atoms with Gasteiger partial charge in [-0.2, -0.15) is 0 Å². The molecule has 0 amide bonds. The van der Waals surface area contributed by atoms with Crippen molar-refractivity contribution in [3.63, 3.8) is 0 Å². The molecule has 3 rings (SSSR count). The number of hydrogen-bond donors (Lipinski definition) is 4. The first-order valence-corrected chi connectivity index (χ1v) is 6.58. The van der Waals surface area contributed by atoms with E-state index < -0.39 is 17.2 Å². The van der Waals surface area contributed by atoms with Gasteiger partial charge < -0.3 is 19.9 Å². The smallest absolute Gasteiger partial charge is 0.339 e. The second-order valence-electron chi connectivity index (χ2n) is 4.85. The lowest BCUT2D eigenvalue weighted by molar-refractivity contribution is 0.0693. The van der Waals surface area contributed by atoms with Crippen molar-refractivity contribution in [1.29, 1.82) is 0 Å². The minimum Gasteiger partial charge on any atom is -0.508 e. The van der Waals surface area contributed by atoms with E-state index in [1.165, 1.54) is 17.0 Å². The van der Waals surface area contributed by atoms with Gasteiger partial charge in [-0.25, -0.2) is 14.6 Å². The van der Waals surface area contributed by atoms with Gasteiger partial charge in [0.15, 0.2) is 11.2 Å². The highest BCUT2D eigenvalue weighted by Gasteiger charge is 2.09. The number of aryl methyl sites for hydroxylation is 2. The molecular weight excluding hydrogens is 320 g/mol. The molecule has 10 nitrogen and oxygen atoms in total. The largest absolute Gasteiger partial charge is 0.508 e. The van der Waals surface area contributed by atoms with Crippen LogP contribution in [0.2, 0.25) is 0 Å². The number of nitrogens with one attached hydrogen (secondary N) is 1. The zero-order valence-corrected chi connectivity index (χ0v) is 12.7. The van der Waals surface area contributed by atoms with Crippen molar-refractivity contribution >= 4 is 17.1 Å². The van der Waals surface area contributed by atoms with Gasteiger partial charge in [0.25, 0.3) is 5.56 Å². The van der Waals surface area contributed by atoms with Crippen molar-refractivity contribution in [2.24, 2.45) is 14.1 Å². The molecule has 2 aromatic heterocycles. The van der Waals surface area contributed by atoms with Crippen LogP contribution < -0.4 is 11.2 Å². The maximum Gasteiger partial charge on any atom is 0.339 e. The molecule has 0 fully saturated rings. The van der Waals surface area contributed by atoms with Crippen LogP contribution in [0.15, 0.2) is 34.1 Å². The summed E-state index contributed by atoms with van der Waals surface area (Å²) in [5.41, 5.74) is -0.349. The van der Waals surface area contributed by atoms with E-state index >= 15 is 0 Å². The number of hydrogen-bond acceptors (Lipinski definition) is 6. The number of phenols is 2. The van der Waals surface area contributed by atoms with Crippen LogP contribution in [0.5, 0.6) is 11.5 Å². The van der Waals surface area contributed by atoms with Crippen LogP contribution in [0.4, 0.5) is 0 Å². The average molecular weight is 334 g/mol. The summed E-state index contributed by atoms with van der Waals surface area (Å²) in [5, 5.41) is 26.1. The number of phenolic OH excluding ortho intramolecular Hbond substituents is 1. The van der Waals surface area contributed by atoms with E-state index in [9.17, 15) is 14.4 Å². The van der Waals surface area contributed by atoms with Gasteiger partial charge in [-0.05, 0) is 18.2 Å². The number of benzene rings is 1. The molecule has 4 N–H and O–H groups in total. The Morgan fingerprint density at radius 1 is 1.21 bits per heavy atom. The minimum absolute atomic E-state index is 0.180. The molecule has 126 valence electrons. The number of aromatic amines is 1. The molecule has 3 aromatic rings. The van der Waals surface area contributed by atoms with Crippen molar-refractivity contribution in [3.05, 3.63) is 50.9 Å². The first-order valence-electron chi connectivity index (χ1n) is 6.58.